The maximum atomic E-state index is 10.4. The third-order valence-corrected chi connectivity index (χ3v) is 1.31. The third-order valence-electron chi connectivity index (χ3n) is 1.31. The number of carbonyl (C=O) groups is 1. The van der Waals surface area contributed by atoms with Crippen LogP contribution in [0, 0.1) is 0 Å². The largest absolute Gasteiger partial charge is 0.475 e. The summed E-state index contributed by atoms with van der Waals surface area (Å²) in [6.07, 6.45) is 2.28. The number of rotatable bonds is 2. The molecule has 1 aliphatic rings. The van der Waals surface area contributed by atoms with Gasteiger partial charge in [-0.1, -0.05) is 6.58 Å². The van der Waals surface area contributed by atoms with Gasteiger partial charge in [-0.15, -0.1) is 0 Å². The first-order chi connectivity index (χ1) is 4.70. The highest BCUT2D eigenvalue weighted by molar-refractivity contribution is 5.91. The molecule has 1 aliphatic heterocycles. The molecule has 1 heterocycles. The Morgan fingerprint density at radius 2 is 2.60 bits per heavy atom. The fourth-order valence-electron chi connectivity index (χ4n) is 0.701. The van der Waals surface area contributed by atoms with E-state index in [9.17, 15) is 4.79 Å². The third kappa shape index (κ3) is 1.07. The average molecular weight is 139 g/mol. The van der Waals surface area contributed by atoms with Crippen molar-refractivity contribution in [3.8, 4) is 0 Å². The van der Waals surface area contributed by atoms with Gasteiger partial charge in [0.05, 0.1) is 0 Å². The number of nitrogens with zero attached hydrogens (tertiary/aromatic N) is 1. The minimum absolute atomic E-state index is 0.331. The summed E-state index contributed by atoms with van der Waals surface area (Å²) in [6, 6.07) is 0. The van der Waals surface area contributed by atoms with Crippen molar-refractivity contribution in [2.24, 2.45) is 4.99 Å². The van der Waals surface area contributed by atoms with Gasteiger partial charge < -0.3 is 9.53 Å². The Balaban J connectivity index is 2.79. The van der Waals surface area contributed by atoms with E-state index < -0.39 is 5.54 Å². The number of hydrogen-bond donors (Lipinski definition) is 0. The van der Waals surface area contributed by atoms with Crippen LogP contribution in [-0.4, -0.2) is 24.3 Å². The quantitative estimate of drug-likeness (QED) is 0.524. The van der Waals surface area contributed by atoms with E-state index >= 15 is 0 Å². The second-order valence-electron chi connectivity index (χ2n) is 2.42. The molecule has 0 saturated carbocycles. The van der Waals surface area contributed by atoms with Gasteiger partial charge in [0.2, 0.25) is 5.90 Å². The van der Waals surface area contributed by atoms with Crippen molar-refractivity contribution in [2.45, 2.75) is 12.5 Å². The number of aliphatic imine (C=N–C) groups is 1. The summed E-state index contributed by atoms with van der Waals surface area (Å²) in [4.78, 5) is 14.3. The molecule has 3 heteroatoms. The van der Waals surface area contributed by atoms with Crippen molar-refractivity contribution in [1.82, 2.24) is 0 Å². The van der Waals surface area contributed by atoms with Crippen molar-refractivity contribution in [3.05, 3.63) is 12.7 Å². The second kappa shape index (κ2) is 2.25. The predicted octanol–water partition coefficient (Wildman–Crippen LogP) is 0.559. The van der Waals surface area contributed by atoms with Crippen molar-refractivity contribution >= 4 is 12.2 Å². The molecule has 1 rings (SSSR count). The Morgan fingerprint density at radius 1 is 1.90 bits per heavy atom. The maximum absolute atomic E-state index is 10.4. The highest BCUT2D eigenvalue weighted by Gasteiger charge is 2.29. The van der Waals surface area contributed by atoms with Crippen LogP contribution in [0.15, 0.2) is 17.6 Å². The van der Waals surface area contributed by atoms with Crippen LogP contribution in [0.25, 0.3) is 0 Å². The van der Waals surface area contributed by atoms with Crippen molar-refractivity contribution in [3.63, 3.8) is 0 Å². The summed E-state index contributed by atoms with van der Waals surface area (Å²) in [5, 5.41) is 0. The van der Waals surface area contributed by atoms with E-state index in [0.29, 0.717) is 12.5 Å². The van der Waals surface area contributed by atoms with Crippen molar-refractivity contribution < 1.29 is 9.53 Å². The molecular weight excluding hydrogens is 130 g/mol. The summed E-state index contributed by atoms with van der Waals surface area (Å²) >= 11 is 0. The van der Waals surface area contributed by atoms with Gasteiger partial charge in [-0.05, 0) is 13.0 Å². The Morgan fingerprint density at radius 3 is 2.90 bits per heavy atom. The standard InChI is InChI=1S/C7H9NO2/c1-3-6-8-7(2,4-9)5-10-6/h3-4H,1,5H2,2H3. The van der Waals surface area contributed by atoms with Gasteiger partial charge in [0.25, 0.3) is 0 Å². The Hall–Kier alpha value is -1.12. The molecule has 1 unspecified atom stereocenters. The van der Waals surface area contributed by atoms with Crippen LogP contribution < -0.4 is 0 Å². The van der Waals surface area contributed by atoms with Crippen LogP contribution in [0.4, 0.5) is 0 Å². The molecule has 3 nitrogen and oxygen atoms in total. The zero-order valence-corrected chi connectivity index (χ0v) is 5.83. The highest BCUT2D eigenvalue weighted by Crippen LogP contribution is 2.15. The second-order valence-corrected chi connectivity index (χ2v) is 2.42. The molecule has 0 spiro atoms. The number of hydrogen-bond acceptors (Lipinski definition) is 3. The highest BCUT2D eigenvalue weighted by atomic mass is 16.5. The first-order valence-corrected chi connectivity index (χ1v) is 3.01. The number of aldehydes is 1. The molecule has 0 radical (unpaired) electrons. The molecule has 0 aromatic heterocycles. The Labute approximate surface area is 59.4 Å². The maximum Gasteiger partial charge on any atom is 0.209 e. The molecule has 0 aromatic carbocycles. The fraction of sp³-hybridized carbons (Fsp3) is 0.429. The molecule has 0 fully saturated rings. The van der Waals surface area contributed by atoms with E-state index in [1.54, 1.807) is 6.92 Å². The Kier molecular flexibility index (Phi) is 1.57. The molecule has 0 amide bonds. The first kappa shape index (κ1) is 6.99. The molecular formula is C7H9NO2. The summed E-state index contributed by atoms with van der Waals surface area (Å²) < 4.78 is 5.01. The van der Waals surface area contributed by atoms with Crippen LogP contribution in [0.2, 0.25) is 0 Å². The lowest BCUT2D eigenvalue weighted by molar-refractivity contribution is -0.112. The molecule has 1 atom stereocenters. The molecule has 0 N–H and O–H groups in total. The van der Waals surface area contributed by atoms with E-state index in [1.165, 1.54) is 6.08 Å². The van der Waals surface area contributed by atoms with E-state index in [0.717, 1.165) is 6.29 Å². The predicted molar refractivity (Wildman–Crippen MR) is 38.1 cm³/mol. The smallest absolute Gasteiger partial charge is 0.209 e. The van der Waals surface area contributed by atoms with Gasteiger partial charge in [0.1, 0.15) is 6.61 Å². The van der Waals surface area contributed by atoms with E-state index in [-0.39, 0.29) is 0 Å². The molecule has 10 heavy (non-hydrogen) atoms. The number of carbonyl (C=O) groups excluding carboxylic acids is 1. The first-order valence-electron chi connectivity index (χ1n) is 3.01. The summed E-state index contributed by atoms with van der Waals surface area (Å²) in [5.41, 5.74) is -0.677. The lowest BCUT2D eigenvalue weighted by atomic mass is 10.1. The van der Waals surface area contributed by atoms with Crippen LogP contribution in [0.5, 0.6) is 0 Å². The van der Waals surface area contributed by atoms with Gasteiger partial charge in [0.15, 0.2) is 11.8 Å². The van der Waals surface area contributed by atoms with Crippen LogP contribution in [0.1, 0.15) is 6.92 Å². The van der Waals surface area contributed by atoms with Gasteiger partial charge in [0, 0.05) is 0 Å². The zero-order chi connectivity index (χ0) is 7.61. The van der Waals surface area contributed by atoms with E-state index in [1.807, 2.05) is 0 Å². The molecule has 54 valence electrons. The molecule has 0 bridgehead atoms. The topological polar surface area (TPSA) is 38.7 Å². The lowest BCUT2D eigenvalue weighted by Crippen LogP contribution is -2.24. The monoisotopic (exact) mass is 139 g/mol. The van der Waals surface area contributed by atoms with Gasteiger partial charge in [-0.2, -0.15) is 0 Å². The van der Waals surface area contributed by atoms with Gasteiger partial charge in [-0.3, -0.25) is 0 Å². The lowest BCUT2D eigenvalue weighted by Gasteiger charge is -2.06. The van der Waals surface area contributed by atoms with Crippen LogP contribution in [0.3, 0.4) is 0 Å². The molecule has 0 aromatic rings. The van der Waals surface area contributed by atoms with E-state index in [4.69, 9.17) is 4.74 Å². The van der Waals surface area contributed by atoms with Gasteiger partial charge in [-0.25, -0.2) is 4.99 Å². The number of ether oxygens (including phenoxy) is 1. The van der Waals surface area contributed by atoms with E-state index in [2.05, 4.69) is 11.6 Å². The molecule has 0 aliphatic carbocycles. The van der Waals surface area contributed by atoms with Crippen LogP contribution >= 0.6 is 0 Å². The summed E-state index contributed by atoms with van der Waals surface area (Å²) in [5.74, 6) is 0.453. The average Bonchev–Trinajstić information content (AvgIpc) is 2.33. The van der Waals surface area contributed by atoms with Gasteiger partial charge >= 0.3 is 0 Å². The molecule has 0 saturated heterocycles. The Bertz CT molecular complexity index is 198. The minimum Gasteiger partial charge on any atom is -0.475 e. The van der Waals surface area contributed by atoms with Crippen molar-refractivity contribution in [1.29, 1.82) is 0 Å². The van der Waals surface area contributed by atoms with Crippen molar-refractivity contribution in [2.75, 3.05) is 6.61 Å². The normalized spacial score (nSPS) is 30.7. The summed E-state index contributed by atoms with van der Waals surface area (Å²) in [6.45, 7) is 5.52. The van der Waals surface area contributed by atoms with Crippen LogP contribution in [-0.2, 0) is 9.53 Å². The zero-order valence-electron chi connectivity index (χ0n) is 5.83. The SMILES string of the molecule is C=CC1=NC(C)(C=O)CO1. The fourth-order valence-corrected chi connectivity index (χ4v) is 0.701. The minimum atomic E-state index is -0.677. The summed E-state index contributed by atoms with van der Waals surface area (Å²) in [7, 11) is 0.